The fourth-order valence-corrected chi connectivity index (χ4v) is 10.6. The number of carbonyl (C=O) groups is 3. The quantitative estimate of drug-likeness (QED) is 0.253. The Hall–Kier alpha value is -2.10. The number of aliphatic hydroxyl groups is 1. The summed E-state index contributed by atoms with van der Waals surface area (Å²) in [5.41, 5.74) is 0.752. The highest BCUT2D eigenvalue weighted by Gasteiger charge is 2.76. The standard InChI is InChI=1S/C31H42BrN3O4S/c1-6-13-20(5)33(16-7-2)30(39)27-31-18-23(32)26(40-31)24(25(31)29(38)35(27)21(9-4)19-36)28(37)34(17-8-3)22-14-11-10-12-15-22/h7-8,10-12,14-15,20-21,23-27,36H,2-3,6,9,13,16-19H2,1,4-5H3/t20?,21-,23?,24-,25-,26-,27?,31?/m0/s1. The largest absolute Gasteiger partial charge is 0.394 e. The predicted molar refractivity (Wildman–Crippen MR) is 165 cm³/mol. The van der Waals surface area contributed by atoms with E-state index in [2.05, 4.69) is 36.0 Å². The number of hydrogen-bond acceptors (Lipinski definition) is 5. The molecule has 9 heteroatoms. The lowest BCUT2D eigenvalue weighted by Crippen LogP contribution is -2.59. The van der Waals surface area contributed by atoms with E-state index in [0.717, 1.165) is 18.5 Å². The van der Waals surface area contributed by atoms with Crippen LogP contribution in [0.5, 0.6) is 0 Å². The minimum Gasteiger partial charge on any atom is -0.394 e. The number of likely N-dealkylation sites (tertiary alicyclic amines) is 1. The lowest BCUT2D eigenvalue weighted by Gasteiger charge is -2.41. The van der Waals surface area contributed by atoms with Crippen molar-refractivity contribution in [3.8, 4) is 0 Å². The van der Waals surface area contributed by atoms with E-state index in [0.29, 0.717) is 25.9 Å². The smallest absolute Gasteiger partial charge is 0.247 e. The average molecular weight is 633 g/mol. The topological polar surface area (TPSA) is 81.2 Å². The Morgan fingerprint density at radius 2 is 1.88 bits per heavy atom. The molecular formula is C31H42BrN3O4S. The summed E-state index contributed by atoms with van der Waals surface area (Å²) in [5.74, 6) is -1.69. The molecule has 0 saturated carbocycles. The molecule has 0 aliphatic carbocycles. The Morgan fingerprint density at radius 1 is 1.20 bits per heavy atom. The number of alkyl halides is 1. The molecule has 1 N–H and O–H groups in total. The zero-order chi connectivity index (χ0) is 29.2. The second kappa shape index (κ2) is 12.8. The minimum atomic E-state index is -0.766. The van der Waals surface area contributed by atoms with Crippen LogP contribution in [-0.4, -0.2) is 85.3 Å². The number of fused-ring (bicyclic) bond motifs is 1. The van der Waals surface area contributed by atoms with E-state index in [1.807, 2.05) is 49.1 Å². The summed E-state index contributed by atoms with van der Waals surface area (Å²) in [6, 6.07) is 8.16. The second-order valence-electron chi connectivity index (χ2n) is 11.1. The first-order chi connectivity index (χ1) is 19.2. The molecule has 8 atom stereocenters. The van der Waals surface area contributed by atoms with E-state index < -0.39 is 28.7 Å². The molecule has 40 heavy (non-hydrogen) atoms. The van der Waals surface area contributed by atoms with Crippen LogP contribution < -0.4 is 4.90 Å². The summed E-state index contributed by atoms with van der Waals surface area (Å²) in [6.07, 6.45) is 6.30. The van der Waals surface area contributed by atoms with Crippen molar-refractivity contribution in [2.24, 2.45) is 11.8 Å². The van der Waals surface area contributed by atoms with Gasteiger partial charge in [-0.2, -0.15) is 0 Å². The molecule has 1 aromatic carbocycles. The lowest BCUT2D eigenvalue weighted by molar-refractivity contribution is -0.146. The molecule has 2 bridgehead atoms. The monoisotopic (exact) mass is 631 g/mol. The number of amides is 3. The summed E-state index contributed by atoms with van der Waals surface area (Å²) in [6.45, 7) is 14.3. The summed E-state index contributed by atoms with van der Waals surface area (Å²) in [5, 5.41) is 10.2. The highest BCUT2D eigenvalue weighted by Crippen LogP contribution is 2.68. The van der Waals surface area contributed by atoms with Crippen molar-refractivity contribution in [2.45, 2.75) is 79.4 Å². The van der Waals surface area contributed by atoms with E-state index >= 15 is 0 Å². The van der Waals surface area contributed by atoms with Crippen LogP contribution in [0.25, 0.3) is 0 Å². The maximum Gasteiger partial charge on any atom is 0.247 e. The van der Waals surface area contributed by atoms with Gasteiger partial charge in [-0.3, -0.25) is 14.4 Å². The van der Waals surface area contributed by atoms with Crippen LogP contribution >= 0.6 is 27.7 Å². The van der Waals surface area contributed by atoms with Gasteiger partial charge in [-0.05, 0) is 38.3 Å². The Bertz CT molecular complexity index is 1120. The Morgan fingerprint density at radius 3 is 2.45 bits per heavy atom. The Labute approximate surface area is 251 Å². The summed E-state index contributed by atoms with van der Waals surface area (Å²) >= 11 is 5.49. The number of carbonyl (C=O) groups excluding carboxylic acids is 3. The first kappa shape index (κ1) is 30.8. The average Bonchev–Trinajstić information content (AvgIpc) is 3.54. The van der Waals surface area contributed by atoms with Gasteiger partial charge in [-0.25, -0.2) is 0 Å². The molecule has 3 amide bonds. The zero-order valence-electron chi connectivity index (χ0n) is 23.7. The molecule has 1 aromatic rings. The number of para-hydroxylation sites is 1. The van der Waals surface area contributed by atoms with Crippen molar-refractivity contribution >= 4 is 51.1 Å². The lowest BCUT2D eigenvalue weighted by atomic mass is 9.70. The number of rotatable bonds is 13. The fourth-order valence-electron chi connectivity index (χ4n) is 7.03. The van der Waals surface area contributed by atoms with E-state index in [4.69, 9.17) is 0 Å². The molecule has 218 valence electrons. The van der Waals surface area contributed by atoms with Gasteiger partial charge in [0.25, 0.3) is 0 Å². The van der Waals surface area contributed by atoms with E-state index in [1.54, 1.807) is 33.7 Å². The molecule has 7 nitrogen and oxygen atoms in total. The van der Waals surface area contributed by atoms with Gasteiger partial charge in [0.05, 0.1) is 29.2 Å². The van der Waals surface area contributed by atoms with Crippen LogP contribution in [0.2, 0.25) is 0 Å². The number of aliphatic hydroxyl groups excluding tert-OH is 1. The third-order valence-corrected chi connectivity index (χ3v) is 12.0. The summed E-state index contributed by atoms with van der Waals surface area (Å²) < 4.78 is -0.766. The zero-order valence-corrected chi connectivity index (χ0v) is 26.1. The first-order valence-corrected chi connectivity index (χ1v) is 16.1. The molecule has 3 saturated heterocycles. The highest BCUT2D eigenvalue weighted by atomic mass is 79.9. The van der Waals surface area contributed by atoms with Gasteiger partial charge in [0, 0.05) is 34.9 Å². The first-order valence-electron chi connectivity index (χ1n) is 14.4. The Kier molecular flexibility index (Phi) is 9.89. The van der Waals surface area contributed by atoms with Crippen molar-refractivity contribution in [1.82, 2.24) is 9.80 Å². The van der Waals surface area contributed by atoms with E-state index in [-0.39, 0.29) is 40.4 Å². The molecule has 3 fully saturated rings. The van der Waals surface area contributed by atoms with Crippen molar-refractivity contribution in [1.29, 1.82) is 0 Å². The fraction of sp³-hybridized carbons (Fsp3) is 0.581. The highest BCUT2D eigenvalue weighted by molar-refractivity contribution is 9.09. The molecule has 3 aliphatic rings. The van der Waals surface area contributed by atoms with Crippen LogP contribution in [0.15, 0.2) is 55.6 Å². The maximum atomic E-state index is 14.6. The molecule has 3 heterocycles. The summed E-state index contributed by atoms with van der Waals surface area (Å²) in [4.78, 5) is 48.6. The number of benzene rings is 1. The molecule has 0 radical (unpaired) electrons. The van der Waals surface area contributed by atoms with Crippen LogP contribution in [0.1, 0.15) is 46.5 Å². The van der Waals surface area contributed by atoms with Crippen LogP contribution in [-0.2, 0) is 14.4 Å². The van der Waals surface area contributed by atoms with Gasteiger partial charge in [0.2, 0.25) is 17.7 Å². The molecule has 0 aromatic heterocycles. The number of hydrogen-bond donors (Lipinski definition) is 1. The number of thioether (sulfide) groups is 1. The van der Waals surface area contributed by atoms with Crippen molar-refractivity contribution in [3.63, 3.8) is 0 Å². The van der Waals surface area contributed by atoms with Gasteiger partial charge in [0.15, 0.2) is 0 Å². The molecular weight excluding hydrogens is 590 g/mol. The van der Waals surface area contributed by atoms with Gasteiger partial charge >= 0.3 is 0 Å². The van der Waals surface area contributed by atoms with E-state index in [9.17, 15) is 19.5 Å². The van der Waals surface area contributed by atoms with E-state index in [1.165, 1.54) is 0 Å². The molecule has 4 rings (SSSR count). The molecule has 1 spiro atoms. The minimum absolute atomic E-state index is 0.0257. The summed E-state index contributed by atoms with van der Waals surface area (Å²) in [7, 11) is 0. The van der Waals surface area contributed by atoms with Crippen LogP contribution in [0.3, 0.4) is 0 Å². The normalized spacial score (nSPS) is 30.1. The Balaban J connectivity index is 1.82. The van der Waals surface area contributed by atoms with Gasteiger partial charge < -0.3 is 19.8 Å². The van der Waals surface area contributed by atoms with Crippen molar-refractivity contribution in [2.75, 3.05) is 24.6 Å². The number of halogens is 1. The second-order valence-corrected chi connectivity index (χ2v) is 13.9. The predicted octanol–water partition coefficient (Wildman–Crippen LogP) is 4.64. The van der Waals surface area contributed by atoms with Crippen LogP contribution in [0, 0.1) is 11.8 Å². The van der Waals surface area contributed by atoms with Crippen LogP contribution in [0.4, 0.5) is 5.69 Å². The number of anilines is 1. The maximum absolute atomic E-state index is 14.6. The third-order valence-electron chi connectivity index (χ3n) is 8.81. The molecule has 3 aliphatic heterocycles. The van der Waals surface area contributed by atoms with Crippen molar-refractivity contribution in [3.05, 3.63) is 55.6 Å². The third kappa shape index (κ3) is 5.07. The van der Waals surface area contributed by atoms with Gasteiger partial charge in [0.1, 0.15) is 6.04 Å². The van der Waals surface area contributed by atoms with Gasteiger partial charge in [-0.1, -0.05) is 66.5 Å². The van der Waals surface area contributed by atoms with Gasteiger partial charge in [-0.15, -0.1) is 24.9 Å². The molecule has 4 unspecified atom stereocenters. The SMILES string of the molecule is C=CCN(C(=O)[C@H]1[C@H]2C(=O)N([C@@H](CC)CO)C(C(=O)N(CC=C)C(C)CCC)C23CC(Br)[C@@H]1S3)c1ccccc1. The number of nitrogens with zero attached hydrogens (tertiary/aromatic N) is 3. The van der Waals surface area contributed by atoms with Crippen molar-refractivity contribution < 1.29 is 19.5 Å².